The number of carbonyl (C=O) groups excluding carboxylic acids is 2. The molecule has 0 atom stereocenters. The average Bonchev–Trinajstić information content (AvgIpc) is 3.33. The third kappa shape index (κ3) is 11.5. The van der Waals surface area contributed by atoms with Crippen molar-refractivity contribution in [2.24, 2.45) is 10.2 Å². The van der Waals surface area contributed by atoms with Gasteiger partial charge in [-0.2, -0.15) is 38.8 Å². The van der Waals surface area contributed by atoms with Crippen molar-refractivity contribution in [3.05, 3.63) is 179 Å². The fourth-order valence-electron chi connectivity index (χ4n) is 7.63. The van der Waals surface area contributed by atoms with E-state index in [0.717, 1.165) is 47.5 Å². The molecule has 0 spiro atoms. The van der Waals surface area contributed by atoms with E-state index in [4.69, 9.17) is 0 Å². The maximum absolute atomic E-state index is 13.1. The minimum atomic E-state index is -5.18. The fraction of sp³-hybridized carbons (Fsp3) is 0.0204. The molecule has 73 heavy (non-hydrogen) atoms. The SMILES string of the molecule is O=C(Nc1cc(S(=O)(=O)O)cc2cc(S(=O)(=O)O)c(/C=C/c3ccc(Cc4ccc(N=Nc5c(S(=O)(=O)O)cc6cc(S(=O)(=O)O)cc(NC(=O)c7ccccc7)c6c5O)cc4)cc3)c(O)c12)c1ccccc1. The molecule has 0 aliphatic rings. The number of azo groups is 1. The van der Waals surface area contributed by atoms with Gasteiger partial charge in [-0.25, -0.2) is 0 Å². The first-order chi connectivity index (χ1) is 34.3. The molecule has 0 bridgehead atoms. The fourth-order valence-corrected chi connectivity index (χ4v) is 10.1. The van der Waals surface area contributed by atoms with Crippen molar-refractivity contribution in [1.82, 2.24) is 0 Å². The predicted molar refractivity (Wildman–Crippen MR) is 268 cm³/mol. The third-order valence-electron chi connectivity index (χ3n) is 11.1. The number of phenolic OH excluding ortho intramolecular Hbond substituents is 2. The zero-order valence-electron chi connectivity index (χ0n) is 37.0. The number of nitrogens with zero attached hydrogens (tertiary/aromatic N) is 2. The van der Waals surface area contributed by atoms with Crippen LogP contribution in [0.1, 0.15) is 43.0 Å². The molecule has 8 N–H and O–H groups in total. The van der Waals surface area contributed by atoms with Gasteiger partial charge in [-0.3, -0.25) is 27.8 Å². The van der Waals surface area contributed by atoms with Crippen LogP contribution in [0.25, 0.3) is 33.7 Å². The van der Waals surface area contributed by atoms with Gasteiger partial charge in [0.15, 0.2) is 5.75 Å². The molecule has 8 aromatic carbocycles. The van der Waals surface area contributed by atoms with Crippen LogP contribution in [0.5, 0.6) is 11.5 Å². The van der Waals surface area contributed by atoms with Crippen LogP contribution in [0.2, 0.25) is 0 Å². The minimum absolute atomic E-state index is 0.128. The summed E-state index contributed by atoms with van der Waals surface area (Å²) in [6.07, 6.45) is 2.97. The van der Waals surface area contributed by atoms with Crippen molar-refractivity contribution in [1.29, 1.82) is 0 Å². The van der Waals surface area contributed by atoms with Gasteiger partial charge in [0.05, 0.1) is 26.9 Å². The Balaban J connectivity index is 1.05. The number of phenols is 2. The van der Waals surface area contributed by atoms with E-state index in [-0.39, 0.29) is 49.7 Å². The van der Waals surface area contributed by atoms with Gasteiger partial charge in [-0.05, 0) is 113 Å². The highest BCUT2D eigenvalue weighted by Gasteiger charge is 2.28. The lowest BCUT2D eigenvalue weighted by atomic mass is 10.0. The molecule has 0 radical (unpaired) electrons. The first-order valence-corrected chi connectivity index (χ1v) is 26.7. The van der Waals surface area contributed by atoms with E-state index in [2.05, 4.69) is 20.9 Å². The molecular weight excluding hydrogens is 1030 g/mol. The molecule has 0 saturated carbocycles. The van der Waals surface area contributed by atoms with Crippen molar-refractivity contribution >= 4 is 109 Å². The summed E-state index contributed by atoms with van der Waals surface area (Å²) in [6.45, 7) is 0. The minimum Gasteiger partial charge on any atom is -0.507 e. The maximum atomic E-state index is 13.1. The number of nitrogens with one attached hydrogen (secondary N) is 2. The number of rotatable bonds is 14. The summed E-state index contributed by atoms with van der Waals surface area (Å²) < 4.78 is 139. The molecule has 8 aromatic rings. The van der Waals surface area contributed by atoms with Gasteiger partial charge in [-0.15, -0.1) is 5.11 Å². The zero-order chi connectivity index (χ0) is 52.6. The van der Waals surface area contributed by atoms with E-state index in [1.807, 2.05) is 0 Å². The van der Waals surface area contributed by atoms with Crippen molar-refractivity contribution in [3.8, 4) is 11.5 Å². The van der Waals surface area contributed by atoms with E-state index in [1.165, 1.54) is 48.6 Å². The van der Waals surface area contributed by atoms with Gasteiger partial charge in [0.1, 0.15) is 21.2 Å². The molecule has 0 aliphatic heterocycles. The van der Waals surface area contributed by atoms with Crippen LogP contribution >= 0.6 is 0 Å². The second kappa shape index (κ2) is 19.8. The summed E-state index contributed by atoms with van der Waals surface area (Å²) in [5.41, 5.74) is 0.601. The Labute approximate surface area is 415 Å². The Kier molecular flexibility index (Phi) is 13.9. The van der Waals surface area contributed by atoms with E-state index in [1.54, 1.807) is 72.8 Å². The number of hydrogen-bond acceptors (Lipinski definition) is 14. The lowest BCUT2D eigenvalue weighted by molar-refractivity contribution is 0.101. The second-order valence-electron chi connectivity index (χ2n) is 16.0. The number of amides is 2. The Hall–Kier alpha value is -8.20. The summed E-state index contributed by atoms with van der Waals surface area (Å²) in [7, 11) is -20.1. The zero-order valence-corrected chi connectivity index (χ0v) is 40.3. The normalized spacial score (nSPS) is 12.4. The largest absolute Gasteiger partial charge is 0.507 e. The summed E-state index contributed by atoms with van der Waals surface area (Å²) in [6, 6.07) is 33.6. The van der Waals surface area contributed by atoms with E-state index in [9.17, 15) is 71.7 Å². The van der Waals surface area contributed by atoms with Crippen LogP contribution in [0, 0.1) is 0 Å². The van der Waals surface area contributed by atoms with Crippen molar-refractivity contribution in [2.45, 2.75) is 26.0 Å². The lowest BCUT2D eigenvalue weighted by Crippen LogP contribution is -2.13. The van der Waals surface area contributed by atoms with Gasteiger partial charge in [-0.1, -0.05) is 78.9 Å². The molecule has 0 saturated heterocycles. The van der Waals surface area contributed by atoms with Crippen molar-refractivity contribution in [3.63, 3.8) is 0 Å². The lowest BCUT2D eigenvalue weighted by Gasteiger charge is -2.16. The molecular formula is C49H36N4O16S4. The molecule has 0 unspecified atom stereocenters. The Morgan fingerprint density at radius 3 is 1.37 bits per heavy atom. The Morgan fingerprint density at radius 2 is 0.918 bits per heavy atom. The number of aromatic hydroxyl groups is 2. The standard InChI is InChI=1S/C49H36N4O16S4/c54-46-38(41(72(64,65)66)24-33-22-36(70(58,59)60)26-39(43(33)46)50-48(56)31-7-3-1-4-8-31)20-17-28-11-13-29(14-12-28)21-30-15-18-35(19-16-30)52-53-45-42(73(67,68)69)25-34-23-37(71(61,62)63)27-40(44(34)47(45)55)51-49(57)32-9-5-2-6-10-32/h1-20,22-27,54-55H,21H2,(H,50,56)(H,51,57)(H,58,59,60)(H,61,62,63)(H,64,65,66)(H,67,68,69)/b20-17+,53-52?. The van der Waals surface area contributed by atoms with Crippen LogP contribution in [0.4, 0.5) is 22.7 Å². The highest BCUT2D eigenvalue weighted by Crippen LogP contribution is 2.46. The molecule has 0 heterocycles. The Morgan fingerprint density at radius 1 is 0.479 bits per heavy atom. The van der Waals surface area contributed by atoms with Crippen LogP contribution in [0.15, 0.2) is 175 Å². The number of benzene rings is 8. The highest BCUT2D eigenvalue weighted by atomic mass is 32.2. The predicted octanol–water partition coefficient (Wildman–Crippen LogP) is 9.07. The van der Waals surface area contributed by atoms with Gasteiger partial charge >= 0.3 is 0 Å². The van der Waals surface area contributed by atoms with Crippen molar-refractivity contribution in [2.75, 3.05) is 10.6 Å². The summed E-state index contributed by atoms with van der Waals surface area (Å²) in [5.74, 6) is -3.16. The monoisotopic (exact) mass is 1060 g/mol. The van der Waals surface area contributed by atoms with Crippen molar-refractivity contribution < 1.29 is 71.7 Å². The van der Waals surface area contributed by atoms with Gasteiger partial charge in [0, 0.05) is 27.5 Å². The first kappa shape index (κ1) is 51.2. The molecule has 24 heteroatoms. The van der Waals surface area contributed by atoms with Crippen LogP contribution in [-0.2, 0) is 46.9 Å². The van der Waals surface area contributed by atoms with E-state index < -0.39 is 94.6 Å². The van der Waals surface area contributed by atoms with Crippen LogP contribution < -0.4 is 10.6 Å². The highest BCUT2D eigenvalue weighted by molar-refractivity contribution is 7.86. The average molecular weight is 1070 g/mol. The molecule has 2 amide bonds. The number of anilines is 2. The summed E-state index contributed by atoms with van der Waals surface area (Å²) in [4.78, 5) is 22.9. The van der Waals surface area contributed by atoms with E-state index in [0.29, 0.717) is 12.0 Å². The molecule has 372 valence electrons. The molecule has 8 rings (SSSR count). The van der Waals surface area contributed by atoms with Crippen LogP contribution in [-0.4, -0.2) is 73.9 Å². The van der Waals surface area contributed by atoms with Crippen LogP contribution in [0.3, 0.4) is 0 Å². The number of fused-ring (bicyclic) bond motifs is 2. The second-order valence-corrected chi connectivity index (χ2v) is 21.6. The molecule has 0 aliphatic carbocycles. The summed E-state index contributed by atoms with van der Waals surface area (Å²) >= 11 is 0. The number of hydrogen-bond donors (Lipinski definition) is 8. The molecule has 0 fully saturated rings. The third-order valence-corrected chi connectivity index (χ3v) is 14.5. The van der Waals surface area contributed by atoms with E-state index >= 15 is 0 Å². The summed E-state index contributed by atoms with van der Waals surface area (Å²) in [5, 5.41) is 34.8. The quantitative estimate of drug-likeness (QED) is 0.0286. The molecule has 0 aromatic heterocycles. The molecule has 20 nitrogen and oxygen atoms in total. The smallest absolute Gasteiger partial charge is 0.296 e. The van der Waals surface area contributed by atoms with Gasteiger partial charge in [0.25, 0.3) is 52.3 Å². The first-order valence-electron chi connectivity index (χ1n) is 20.9. The number of carbonyl (C=O) groups is 2. The Bertz CT molecular complexity index is 3820. The maximum Gasteiger partial charge on any atom is 0.296 e. The van der Waals surface area contributed by atoms with Gasteiger partial charge in [0.2, 0.25) is 0 Å². The topological polar surface area (TPSA) is 341 Å². The van der Waals surface area contributed by atoms with Gasteiger partial charge < -0.3 is 20.8 Å².